The summed E-state index contributed by atoms with van der Waals surface area (Å²) in [5.74, 6) is -0.701. The van der Waals surface area contributed by atoms with E-state index in [1.54, 1.807) is 36.4 Å². The van der Waals surface area contributed by atoms with Crippen molar-refractivity contribution in [3.8, 4) is 0 Å². The highest BCUT2D eigenvalue weighted by Gasteiger charge is 2.30. The van der Waals surface area contributed by atoms with Gasteiger partial charge in [0.25, 0.3) is 5.69 Å². The fourth-order valence-corrected chi connectivity index (χ4v) is 3.90. The highest BCUT2D eigenvalue weighted by molar-refractivity contribution is 6.36. The number of amides is 2. The minimum atomic E-state index is -0.769. The summed E-state index contributed by atoms with van der Waals surface area (Å²) in [4.78, 5) is 38.6. The molecule has 0 aliphatic rings. The van der Waals surface area contributed by atoms with Crippen LogP contribution in [0.15, 0.2) is 42.5 Å². The van der Waals surface area contributed by atoms with Gasteiger partial charge in [0, 0.05) is 40.3 Å². The quantitative estimate of drug-likeness (QED) is 0.273. The number of unbranched alkanes of at least 4 members (excludes halogenated alkanes) is 1. The van der Waals surface area contributed by atoms with Crippen LogP contribution in [0.5, 0.6) is 0 Å². The summed E-state index contributed by atoms with van der Waals surface area (Å²) in [7, 11) is 0. The van der Waals surface area contributed by atoms with Crippen molar-refractivity contribution in [3.05, 3.63) is 73.8 Å². The van der Waals surface area contributed by atoms with Crippen LogP contribution in [-0.2, 0) is 22.6 Å². The number of rotatable bonds is 11. The molecule has 0 aliphatic heterocycles. The summed E-state index contributed by atoms with van der Waals surface area (Å²) in [5, 5.41) is 15.0. The molecular weight excluding hydrogens is 453 g/mol. The number of carbonyl (C=O) groups excluding carboxylic acids is 2. The second kappa shape index (κ2) is 12.4. The third-order valence-corrected chi connectivity index (χ3v) is 5.84. The van der Waals surface area contributed by atoms with Gasteiger partial charge in [-0.2, -0.15) is 0 Å². The Balaban J connectivity index is 2.39. The first-order valence-corrected chi connectivity index (χ1v) is 11.3. The molecule has 0 spiro atoms. The molecule has 0 saturated heterocycles. The Labute approximate surface area is 197 Å². The van der Waals surface area contributed by atoms with E-state index in [4.69, 9.17) is 23.2 Å². The summed E-state index contributed by atoms with van der Waals surface area (Å²) in [5.41, 5.74) is 0.655. The molecule has 2 aromatic rings. The molecule has 172 valence electrons. The number of para-hydroxylation sites is 1. The zero-order valence-corrected chi connectivity index (χ0v) is 19.7. The molecule has 0 aromatic heterocycles. The van der Waals surface area contributed by atoms with Crippen LogP contribution in [-0.4, -0.2) is 34.2 Å². The average Bonchev–Trinajstić information content (AvgIpc) is 2.76. The minimum Gasteiger partial charge on any atom is -0.354 e. The molecule has 7 nitrogen and oxygen atoms in total. The van der Waals surface area contributed by atoms with E-state index >= 15 is 0 Å². The zero-order valence-electron chi connectivity index (χ0n) is 18.1. The number of nitro benzene ring substituents is 1. The SMILES string of the molecule is CCCCNC(=O)[C@@H](CC)N(Cc1c(Cl)cccc1Cl)C(=O)Cc1ccccc1[N+](=O)[O-]. The molecule has 2 amide bonds. The molecule has 32 heavy (non-hydrogen) atoms. The van der Waals surface area contributed by atoms with Gasteiger partial charge in [0.1, 0.15) is 6.04 Å². The van der Waals surface area contributed by atoms with Gasteiger partial charge in [-0.25, -0.2) is 0 Å². The van der Waals surface area contributed by atoms with Gasteiger partial charge in [-0.15, -0.1) is 0 Å². The van der Waals surface area contributed by atoms with Crippen LogP contribution < -0.4 is 5.32 Å². The lowest BCUT2D eigenvalue weighted by Crippen LogP contribution is -2.49. The number of nitrogens with zero attached hydrogens (tertiary/aromatic N) is 2. The van der Waals surface area contributed by atoms with E-state index in [1.165, 1.54) is 11.0 Å². The number of hydrogen-bond donors (Lipinski definition) is 1. The predicted octanol–water partition coefficient (Wildman–Crippen LogP) is 5.17. The van der Waals surface area contributed by atoms with Gasteiger partial charge in [-0.3, -0.25) is 19.7 Å². The Morgan fingerprint density at radius 1 is 1.09 bits per heavy atom. The van der Waals surface area contributed by atoms with Crippen molar-refractivity contribution in [3.63, 3.8) is 0 Å². The van der Waals surface area contributed by atoms with Gasteiger partial charge >= 0.3 is 0 Å². The van der Waals surface area contributed by atoms with Crippen molar-refractivity contribution < 1.29 is 14.5 Å². The highest BCUT2D eigenvalue weighted by Crippen LogP contribution is 2.28. The number of benzene rings is 2. The average molecular weight is 480 g/mol. The monoisotopic (exact) mass is 479 g/mol. The number of carbonyl (C=O) groups is 2. The molecule has 0 saturated carbocycles. The summed E-state index contributed by atoms with van der Waals surface area (Å²) < 4.78 is 0. The summed E-state index contributed by atoms with van der Waals surface area (Å²) in [6.07, 6.45) is 1.88. The molecule has 9 heteroatoms. The maximum atomic E-state index is 13.4. The summed E-state index contributed by atoms with van der Waals surface area (Å²) in [6, 6.07) is 10.3. The maximum Gasteiger partial charge on any atom is 0.273 e. The van der Waals surface area contributed by atoms with Gasteiger partial charge in [-0.05, 0) is 25.0 Å². The lowest BCUT2D eigenvalue weighted by Gasteiger charge is -2.31. The Morgan fingerprint density at radius 2 is 1.75 bits per heavy atom. The molecule has 2 aromatic carbocycles. The first kappa shape index (κ1) is 25.6. The molecule has 0 bridgehead atoms. The molecule has 0 radical (unpaired) electrons. The van der Waals surface area contributed by atoms with Crippen LogP contribution in [0.1, 0.15) is 44.2 Å². The first-order valence-electron chi connectivity index (χ1n) is 10.5. The van der Waals surface area contributed by atoms with E-state index in [0.29, 0.717) is 28.6 Å². The molecule has 0 heterocycles. The Kier molecular flexibility index (Phi) is 9.94. The highest BCUT2D eigenvalue weighted by atomic mass is 35.5. The Hall–Kier alpha value is -2.64. The molecule has 1 N–H and O–H groups in total. The van der Waals surface area contributed by atoms with Gasteiger partial charge in [0.2, 0.25) is 11.8 Å². The maximum absolute atomic E-state index is 13.4. The van der Waals surface area contributed by atoms with Crippen molar-refractivity contribution in [2.24, 2.45) is 0 Å². The van der Waals surface area contributed by atoms with Gasteiger partial charge < -0.3 is 10.2 Å². The predicted molar refractivity (Wildman–Crippen MR) is 126 cm³/mol. The molecule has 2 rings (SSSR count). The fraction of sp³-hybridized carbons (Fsp3) is 0.391. The van der Waals surface area contributed by atoms with E-state index in [1.807, 2.05) is 13.8 Å². The van der Waals surface area contributed by atoms with Crippen LogP contribution >= 0.6 is 23.2 Å². The van der Waals surface area contributed by atoms with Gasteiger partial charge in [-0.1, -0.05) is 67.7 Å². The van der Waals surface area contributed by atoms with Crippen LogP contribution in [0.25, 0.3) is 0 Å². The molecule has 0 aliphatic carbocycles. The van der Waals surface area contributed by atoms with Crippen LogP contribution in [0.2, 0.25) is 10.0 Å². The van der Waals surface area contributed by atoms with E-state index in [2.05, 4.69) is 5.32 Å². The van der Waals surface area contributed by atoms with Crippen molar-refractivity contribution in [2.45, 2.75) is 52.1 Å². The van der Waals surface area contributed by atoms with E-state index in [9.17, 15) is 19.7 Å². The number of halogens is 2. The lowest BCUT2D eigenvalue weighted by molar-refractivity contribution is -0.385. The van der Waals surface area contributed by atoms with E-state index in [-0.39, 0.29) is 30.1 Å². The first-order chi connectivity index (χ1) is 15.3. The van der Waals surface area contributed by atoms with Gasteiger partial charge in [0.15, 0.2) is 0 Å². The smallest absolute Gasteiger partial charge is 0.273 e. The van der Waals surface area contributed by atoms with Crippen molar-refractivity contribution in [1.82, 2.24) is 10.2 Å². The standard InChI is InChI=1S/C23H27Cl2N3O4/c1-3-5-13-26-23(30)20(4-2)27(15-17-18(24)10-8-11-19(17)25)22(29)14-16-9-6-7-12-21(16)28(31)32/h6-12,20H,3-5,13-15H2,1-2H3,(H,26,30)/t20-/m1/s1. The second-order valence-electron chi connectivity index (χ2n) is 7.35. The normalized spacial score (nSPS) is 11.6. The van der Waals surface area contributed by atoms with Crippen LogP contribution in [0.3, 0.4) is 0 Å². The Bertz CT molecular complexity index is 948. The molecular formula is C23H27Cl2N3O4. The summed E-state index contributed by atoms with van der Waals surface area (Å²) >= 11 is 12.6. The van der Waals surface area contributed by atoms with Crippen molar-refractivity contribution >= 4 is 40.7 Å². The van der Waals surface area contributed by atoms with Gasteiger partial charge in [0.05, 0.1) is 11.3 Å². The van der Waals surface area contributed by atoms with Crippen LogP contribution in [0, 0.1) is 10.1 Å². The zero-order chi connectivity index (χ0) is 23.7. The molecule has 0 unspecified atom stereocenters. The van der Waals surface area contributed by atoms with E-state index < -0.39 is 16.9 Å². The second-order valence-corrected chi connectivity index (χ2v) is 8.17. The number of nitrogens with one attached hydrogen (secondary N) is 1. The largest absolute Gasteiger partial charge is 0.354 e. The summed E-state index contributed by atoms with van der Waals surface area (Å²) in [6.45, 7) is 4.34. The van der Waals surface area contributed by atoms with E-state index in [0.717, 1.165) is 12.8 Å². The fourth-order valence-electron chi connectivity index (χ4n) is 3.38. The minimum absolute atomic E-state index is 0.0116. The number of nitro groups is 1. The van der Waals surface area contributed by atoms with Crippen LogP contribution in [0.4, 0.5) is 5.69 Å². The third-order valence-electron chi connectivity index (χ3n) is 5.14. The molecule has 0 fully saturated rings. The number of hydrogen-bond acceptors (Lipinski definition) is 4. The molecule has 1 atom stereocenters. The van der Waals surface area contributed by atoms with Crippen molar-refractivity contribution in [2.75, 3.05) is 6.54 Å². The Morgan fingerprint density at radius 3 is 2.34 bits per heavy atom. The van der Waals surface area contributed by atoms with Crippen molar-refractivity contribution in [1.29, 1.82) is 0 Å². The topological polar surface area (TPSA) is 92.6 Å². The third kappa shape index (κ3) is 6.68. The lowest BCUT2D eigenvalue weighted by atomic mass is 10.1.